The van der Waals surface area contributed by atoms with Crippen molar-refractivity contribution in [2.45, 2.75) is 27.2 Å². The van der Waals surface area contributed by atoms with E-state index in [0.29, 0.717) is 0 Å². The molecule has 0 fully saturated rings. The zero-order valence-electron chi connectivity index (χ0n) is 8.06. The Morgan fingerprint density at radius 2 is 2.00 bits per heavy atom. The molecule has 0 aromatic carbocycles. The van der Waals surface area contributed by atoms with Gasteiger partial charge in [-0.25, -0.2) is 0 Å². The molecule has 0 spiro atoms. The van der Waals surface area contributed by atoms with Crippen LogP contribution in [0.3, 0.4) is 0 Å². The van der Waals surface area contributed by atoms with Crippen LogP contribution < -0.4 is 0 Å². The molecular weight excluding hydrogens is 216 g/mol. The molecule has 68 valence electrons. The highest BCUT2D eigenvalue weighted by Crippen LogP contribution is 2.07. The summed E-state index contributed by atoms with van der Waals surface area (Å²) in [4.78, 5) is 8.15. The van der Waals surface area contributed by atoms with Gasteiger partial charge in [-0.05, 0) is 36.2 Å². The van der Waals surface area contributed by atoms with E-state index in [1.54, 1.807) is 13.3 Å². The minimum atomic E-state index is 0.769. The van der Waals surface area contributed by atoms with E-state index in [-0.39, 0.29) is 0 Å². The van der Waals surface area contributed by atoms with Crippen molar-refractivity contribution in [1.29, 1.82) is 0 Å². The lowest BCUT2D eigenvalue weighted by atomic mass is 10.2. The van der Waals surface area contributed by atoms with E-state index in [4.69, 9.17) is 0 Å². The third-order valence-corrected chi connectivity index (χ3v) is 2.29. The van der Waals surface area contributed by atoms with Crippen molar-refractivity contribution in [2.75, 3.05) is 7.05 Å². The summed E-state index contributed by atoms with van der Waals surface area (Å²) >= 11 is 3.25. The van der Waals surface area contributed by atoms with E-state index in [1.807, 2.05) is 6.92 Å². The SMILES string of the molecule is CC/C(C)=C(C)/N=C\C(Br)=N/C. The van der Waals surface area contributed by atoms with Gasteiger partial charge < -0.3 is 0 Å². The molecule has 0 amide bonds. The van der Waals surface area contributed by atoms with Gasteiger partial charge in [0.2, 0.25) is 0 Å². The van der Waals surface area contributed by atoms with Crippen molar-refractivity contribution in [3.05, 3.63) is 11.3 Å². The maximum Gasteiger partial charge on any atom is 0.118 e. The molecule has 0 unspecified atom stereocenters. The van der Waals surface area contributed by atoms with Gasteiger partial charge in [-0.3, -0.25) is 9.98 Å². The fraction of sp³-hybridized carbons (Fsp3) is 0.556. The highest BCUT2D eigenvalue weighted by atomic mass is 79.9. The number of allylic oxidation sites excluding steroid dienone is 2. The highest BCUT2D eigenvalue weighted by molar-refractivity contribution is 9.19. The topological polar surface area (TPSA) is 24.7 Å². The van der Waals surface area contributed by atoms with Crippen LogP contribution in [0.5, 0.6) is 0 Å². The van der Waals surface area contributed by atoms with Gasteiger partial charge in [0.05, 0.1) is 6.21 Å². The molecule has 0 N–H and O–H groups in total. The standard InChI is InChI=1S/C9H15BrN2/c1-5-7(2)8(3)12-6-9(10)11-4/h6H,5H2,1-4H3/b8-7+,11-9+,12-6-. The van der Waals surface area contributed by atoms with Crippen molar-refractivity contribution in [3.63, 3.8) is 0 Å². The molecule has 0 saturated carbocycles. The second-order valence-corrected chi connectivity index (χ2v) is 3.34. The Morgan fingerprint density at radius 3 is 2.42 bits per heavy atom. The van der Waals surface area contributed by atoms with Gasteiger partial charge in [-0.2, -0.15) is 0 Å². The predicted octanol–water partition coefficient (Wildman–Crippen LogP) is 3.18. The highest BCUT2D eigenvalue weighted by Gasteiger charge is 1.90. The molecule has 0 aromatic heterocycles. The second-order valence-electron chi connectivity index (χ2n) is 2.52. The lowest BCUT2D eigenvalue weighted by Gasteiger charge is -1.97. The maximum absolute atomic E-state index is 4.24. The van der Waals surface area contributed by atoms with Crippen LogP contribution in [-0.2, 0) is 0 Å². The molecule has 0 aromatic rings. The molecule has 0 aliphatic heterocycles. The van der Waals surface area contributed by atoms with E-state index in [9.17, 15) is 0 Å². The summed E-state index contributed by atoms with van der Waals surface area (Å²) in [6.07, 6.45) is 2.76. The van der Waals surface area contributed by atoms with Crippen LogP contribution in [0.1, 0.15) is 27.2 Å². The van der Waals surface area contributed by atoms with Crippen molar-refractivity contribution in [1.82, 2.24) is 0 Å². The monoisotopic (exact) mass is 230 g/mol. The summed E-state index contributed by atoms with van der Waals surface area (Å²) in [5.74, 6) is 0. The van der Waals surface area contributed by atoms with Crippen molar-refractivity contribution < 1.29 is 0 Å². The lowest BCUT2D eigenvalue weighted by Crippen LogP contribution is -1.88. The number of aliphatic imine (C=N–C) groups is 2. The summed E-state index contributed by atoms with van der Waals surface area (Å²) in [5, 5.41) is 0. The van der Waals surface area contributed by atoms with Crippen LogP contribution in [0.25, 0.3) is 0 Å². The lowest BCUT2D eigenvalue weighted by molar-refractivity contribution is 1.04. The summed E-state index contributed by atoms with van der Waals surface area (Å²) in [5.41, 5.74) is 2.38. The van der Waals surface area contributed by atoms with E-state index >= 15 is 0 Å². The Morgan fingerprint density at radius 1 is 1.42 bits per heavy atom. The Labute approximate surface area is 82.6 Å². The third-order valence-electron chi connectivity index (χ3n) is 1.73. The summed E-state index contributed by atoms with van der Waals surface area (Å²) in [6, 6.07) is 0. The molecule has 0 atom stereocenters. The number of nitrogens with zero attached hydrogens (tertiary/aromatic N) is 2. The van der Waals surface area contributed by atoms with Crippen molar-refractivity contribution >= 4 is 26.8 Å². The fourth-order valence-electron chi connectivity index (χ4n) is 0.574. The van der Waals surface area contributed by atoms with Gasteiger partial charge in [-0.1, -0.05) is 12.5 Å². The molecule has 0 rings (SSSR count). The van der Waals surface area contributed by atoms with Gasteiger partial charge in [0.25, 0.3) is 0 Å². The van der Waals surface area contributed by atoms with Gasteiger partial charge in [0.15, 0.2) is 0 Å². The summed E-state index contributed by atoms with van der Waals surface area (Å²) in [7, 11) is 1.72. The molecule has 0 saturated heterocycles. The summed E-state index contributed by atoms with van der Waals surface area (Å²) < 4.78 is 0.769. The minimum Gasteiger partial charge on any atom is -0.280 e. The average molecular weight is 231 g/mol. The maximum atomic E-state index is 4.24. The fourth-order valence-corrected chi connectivity index (χ4v) is 0.676. The molecule has 0 bridgehead atoms. The first kappa shape index (κ1) is 11.6. The van der Waals surface area contributed by atoms with Gasteiger partial charge in [0, 0.05) is 12.7 Å². The van der Waals surface area contributed by atoms with Crippen LogP contribution in [0.4, 0.5) is 0 Å². The number of hydrogen-bond donors (Lipinski definition) is 0. The molecular formula is C9H15BrN2. The van der Waals surface area contributed by atoms with Crippen LogP contribution in [0.15, 0.2) is 21.3 Å². The Balaban J connectivity index is 4.36. The first-order chi connectivity index (χ1) is 5.61. The van der Waals surface area contributed by atoms with E-state index in [2.05, 4.69) is 39.8 Å². The summed E-state index contributed by atoms with van der Waals surface area (Å²) in [6.45, 7) is 6.21. The number of hydrogen-bond acceptors (Lipinski definition) is 2. The molecule has 0 aliphatic rings. The minimum absolute atomic E-state index is 0.769. The van der Waals surface area contributed by atoms with E-state index < -0.39 is 0 Å². The van der Waals surface area contributed by atoms with E-state index in [0.717, 1.165) is 16.7 Å². The van der Waals surface area contributed by atoms with E-state index in [1.165, 1.54) is 5.57 Å². The van der Waals surface area contributed by atoms with Crippen molar-refractivity contribution in [3.8, 4) is 0 Å². The second kappa shape index (κ2) is 6.12. The smallest absolute Gasteiger partial charge is 0.118 e. The third kappa shape index (κ3) is 4.44. The Hall–Kier alpha value is -0.440. The van der Waals surface area contributed by atoms with Crippen LogP contribution >= 0.6 is 15.9 Å². The normalized spacial score (nSPS) is 15.2. The van der Waals surface area contributed by atoms with Gasteiger partial charge in [0.1, 0.15) is 4.62 Å². The van der Waals surface area contributed by atoms with Gasteiger partial charge in [-0.15, -0.1) is 0 Å². The largest absolute Gasteiger partial charge is 0.280 e. The average Bonchev–Trinajstić information content (AvgIpc) is 2.11. The zero-order valence-corrected chi connectivity index (χ0v) is 9.64. The first-order valence-corrected chi connectivity index (χ1v) is 4.73. The zero-order chi connectivity index (χ0) is 9.56. The number of halogens is 1. The molecule has 3 heteroatoms. The Bertz CT molecular complexity index is 227. The predicted molar refractivity (Wildman–Crippen MR) is 59.4 cm³/mol. The quantitative estimate of drug-likeness (QED) is 0.666. The first-order valence-electron chi connectivity index (χ1n) is 3.94. The molecule has 0 aliphatic carbocycles. The van der Waals surface area contributed by atoms with Crippen LogP contribution in [-0.4, -0.2) is 17.9 Å². The van der Waals surface area contributed by atoms with Gasteiger partial charge >= 0.3 is 0 Å². The molecule has 2 nitrogen and oxygen atoms in total. The molecule has 0 heterocycles. The number of rotatable bonds is 3. The Kier molecular flexibility index (Phi) is 5.89. The van der Waals surface area contributed by atoms with Crippen LogP contribution in [0.2, 0.25) is 0 Å². The van der Waals surface area contributed by atoms with Crippen molar-refractivity contribution in [2.24, 2.45) is 9.98 Å². The molecule has 0 radical (unpaired) electrons. The molecule has 12 heavy (non-hydrogen) atoms. The van der Waals surface area contributed by atoms with Crippen LogP contribution in [0, 0.1) is 0 Å².